The van der Waals surface area contributed by atoms with E-state index in [1.165, 1.54) is 4.90 Å². The quantitative estimate of drug-likeness (QED) is 0.902. The van der Waals surface area contributed by atoms with Crippen LogP contribution >= 0.6 is 0 Å². The van der Waals surface area contributed by atoms with Crippen LogP contribution in [0.3, 0.4) is 0 Å². The first kappa shape index (κ1) is 17.0. The molecule has 1 amide bonds. The van der Waals surface area contributed by atoms with Crippen LogP contribution in [-0.4, -0.2) is 34.2 Å². The van der Waals surface area contributed by atoms with Gasteiger partial charge < -0.3 is 9.84 Å². The van der Waals surface area contributed by atoms with Gasteiger partial charge in [-0.2, -0.15) is 0 Å². The van der Waals surface area contributed by atoms with Crippen LogP contribution < -0.4 is 0 Å². The largest absolute Gasteiger partial charge is 0.481 e. The van der Waals surface area contributed by atoms with E-state index < -0.39 is 23.6 Å². The molecule has 0 aromatic heterocycles. The van der Waals surface area contributed by atoms with Crippen LogP contribution in [0.4, 0.5) is 4.79 Å². The minimum Gasteiger partial charge on any atom is -0.481 e. The fourth-order valence-electron chi connectivity index (χ4n) is 2.26. The third-order valence-electron chi connectivity index (χ3n) is 3.05. The van der Waals surface area contributed by atoms with Crippen LogP contribution in [0, 0.1) is 0 Å². The second-order valence-corrected chi connectivity index (χ2v) is 5.76. The van der Waals surface area contributed by atoms with Crippen molar-refractivity contribution in [2.24, 2.45) is 0 Å². The molecule has 0 saturated heterocycles. The molecule has 1 atom stereocenters. The molecule has 0 fully saturated rings. The van der Waals surface area contributed by atoms with Crippen LogP contribution in [0.25, 0.3) is 0 Å². The van der Waals surface area contributed by atoms with Crippen molar-refractivity contribution in [2.45, 2.75) is 45.7 Å². The van der Waals surface area contributed by atoms with E-state index in [4.69, 9.17) is 4.74 Å². The molecule has 1 N–H and O–H groups in total. The average Bonchev–Trinajstić information content (AvgIpc) is 2.37. The van der Waals surface area contributed by atoms with Crippen molar-refractivity contribution in [3.8, 4) is 0 Å². The topological polar surface area (TPSA) is 66.8 Å². The lowest BCUT2D eigenvalue weighted by Gasteiger charge is -2.40. The molecule has 0 aliphatic rings. The summed E-state index contributed by atoms with van der Waals surface area (Å²) in [5, 5.41) is 9.19. The highest BCUT2D eigenvalue weighted by Gasteiger charge is 2.36. The molecule has 0 radical (unpaired) electrons. The van der Waals surface area contributed by atoms with E-state index >= 15 is 0 Å². The molecule has 21 heavy (non-hydrogen) atoms. The summed E-state index contributed by atoms with van der Waals surface area (Å²) in [7, 11) is 0. The fourth-order valence-corrected chi connectivity index (χ4v) is 2.26. The van der Waals surface area contributed by atoms with E-state index in [2.05, 4.69) is 0 Å². The first-order chi connectivity index (χ1) is 9.77. The summed E-state index contributed by atoms with van der Waals surface area (Å²) in [6, 6.07) is 8.60. The van der Waals surface area contributed by atoms with Crippen molar-refractivity contribution in [3.63, 3.8) is 0 Å². The molecule has 0 saturated carbocycles. The Morgan fingerprint density at radius 3 is 2.24 bits per heavy atom. The van der Waals surface area contributed by atoms with Crippen LogP contribution in [0.5, 0.6) is 0 Å². The number of benzene rings is 1. The minimum atomic E-state index is -0.956. The number of hydrogen-bond acceptors (Lipinski definition) is 3. The molecule has 1 aromatic carbocycles. The van der Waals surface area contributed by atoms with E-state index in [9.17, 15) is 14.7 Å². The van der Waals surface area contributed by atoms with Crippen molar-refractivity contribution in [1.82, 2.24) is 4.90 Å². The summed E-state index contributed by atoms with van der Waals surface area (Å²) >= 11 is 0. The third kappa shape index (κ3) is 4.77. The van der Waals surface area contributed by atoms with Gasteiger partial charge in [0.05, 0.1) is 19.1 Å². The highest BCUT2D eigenvalue weighted by molar-refractivity contribution is 5.72. The Morgan fingerprint density at radius 2 is 1.81 bits per heavy atom. The number of hydrogen-bond donors (Lipinski definition) is 1. The van der Waals surface area contributed by atoms with Gasteiger partial charge in [0.1, 0.15) is 0 Å². The maximum atomic E-state index is 12.3. The van der Waals surface area contributed by atoms with E-state index in [0.29, 0.717) is 0 Å². The predicted octanol–water partition coefficient (Wildman–Crippen LogP) is 3.46. The number of ether oxygens (including phenoxy) is 1. The third-order valence-corrected chi connectivity index (χ3v) is 3.05. The van der Waals surface area contributed by atoms with Gasteiger partial charge >= 0.3 is 12.1 Å². The Labute approximate surface area is 125 Å². The van der Waals surface area contributed by atoms with Gasteiger partial charge in [0, 0.05) is 5.54 Å². The molecule has 5 nitrogen and oxygen atoms in total. The van der Waals surface area contributed by atoms with E-state index in [1.54, 1.807) is 6.92 Å². The van der Waals surface area contributed by atoms with Crippen LogP contribution in [-0.2, 0) is 9.53 Å². The minimum absolute atomic E-state index is 0.167. The van der Waals surface area contributed by atoms with Crippen molar-refractivity contribution in [3.05, 3.63) is 35.9 Å². The van der Waals surface area contributed by atoms with Crippen molar-refractivity contribution in [2.75, 3.05) is 6.61 Å². The lowest BCUT2D eigenvalue weighted by atomic mass is 9.96. The van der Waals surface area contributed by atoms with Crippen molar-refractivity contribution >= 4 is 12.1 Å². The fraction of sp³-hybridized carbons (Fsp3) is 0.500. The first-order valence-electron chi connectivity index (χ1n) is 7.00. The van der Waals surface area contributed by atoms with Gasteiger partial charge in [0.15, 0.2) is 0 Å². The summed E-state index contributed by atoms with van der Waals surface area (Å²) < 4.78 is 5.11. The summed E-state index contributed by atoms with van der Waals surface area (Å²) in [6.07, 6.45) is -0.666. The van der Waals surface area contributed by atoms with Crippen molar-refractivity contribution in [1.29, 1.82) is 0 Å². The Kier molecular flexibility index (Phi) is 5.76. The summed E-state index contributed by atoms with van der Waals surface area (Å²) in [5.74, 6) is -0.956. The van der Waals surface area contributed by atoms with Gasteiger partial charge in [-0.3, -0.25) is 9.69 Å². The lowest BCUT2D eigenvalue weighted by molar-refractivity contribution is -0.138. The number of carbonyl (C=O) groups excluding carboxylic acids is 1. The number of aliphatic carboxylic acids is 1. The zero-order valence-electron chi connectivity index (χ0n) is 13.0. The number of amides is 1. The zero-order chi connectivity index (χ0) is 16.0. The van der Waals surface area contributed by atoms with Gasteiger partial charge in [-0.25, -0.2) is 4.79 Å². The predicted molar refractivity (Wildman–Crippen MR) is 80.0 cm³/mol. The number of carbonyl (C=O) groups is 2. The van der Waals surface area contributed by atoms with Crippen LogP contribution in [0.2, 0.25) is 0 Å². The second-order valence-electron chi connectivity index (χ2n) is 5.76. The van der Waals surface area contributed by atoms with Gasteiger partial charge in [0.2, 0.25) is 0 Å². The highest BCUT2D eigenvalue weighted by Crippen LogP contribution is 2.31. The monoisotopic (exact) mass is 293 g/mol. The van der Waals surface area contributed by atoms with Crippen LogP contribution in [0.1, 0.15) is 45.7 Å². The zero-order valence-corrected chi connectivity index (χ0v) is 13.0. The average molecular weight is 293 g/mol. The van der Waals surface area contributed by atoms with Gasteiger partial charge in [-0.1, -0.05) is 30.3 Å². The van der Waals surface area contributed by atoms with Crippen LogP contribution in [0.15, 0.2) is 30.3 Å². The summed E-state index contributed by atoms with van der Waals surface area (Å²) in [4.78, 5) is 25.0. The summed E-state index contributed by atoms with van der Waals surface area (Å²) in [5.41, 5.74) is 0.227. The van der Waals surface area contributed by atoms with Gasteiger partial charge in [-0.05, 0) is 33.3 Å². The Hall–Kier alpha value is -2.04. The molecule has 0 heterocycles. The number of nitrogens with zero attached hydrogens (tertiary/aromatic N) is 1. The first-order valence-corrected chi connectivity index (χ1v) is 7.00. The molecule has 1 unspecified atom stereocenters. The standard InChI is InChI=1S/C16H23NO4/c1-5-21-15(20)17(16(2,3)4)13(11-14(18)19)12-9-7-6-8-10-12/h6-10,13H,5,11H2,1-4H3,(H,18,19). The molecule has 5 heteroatoms. The van der Waals surface area contributed by atoms with Crippen molar-refractivity contribution < 1.29 is 19.4 Å². The maximum absolute atomic E-state index is 12.3. The molecule has 1 rings (SSSR count). The Bertz CT molecular complexity index is 479. The normalized spacial score (nSPS) is 12.6. The molecule has 0 bridgehead atoms. The van der Waals surface area contributed by atoms with E-state index in [-0.39, 0.29) is 13.0 Å². The summed E-state index contributed by atoms with van der Waals surface area (Å²) in [6.45, 7) is 7.57. The SMILES string of the molecule is CCOC(=O)N(C(CC(=O)O)c1ccccc1)C(C)(C)C. The molecule has 116 valence electrons. The maximum Gasteiger partial charge on any atom is 0.410 e. The molecule has 0 aliphatic heterocycles. The number of carboxylic acid groups (broad SMARTS) is 1. The van der Waals surface area contributed by atoms with E-state index in [1.807, 2.05) is 51.1 Å². The lowest BCUT2D eigenvalue weighted by Crippen LogP contribution is -2.48. The Morgan fingerprint density at radius 1 is 1.24 bits per heavy atom. The molecular weight excluding hydrogens is 270 g/mol. The number of carboxylic acids is 1. The Balaban J connectivity index is 3.24. The van der Waals surface area contributed by atoms with E-state index in [0.717, 1.165) is 5.56 Å². The highest BCUT2D eigenvalue weighted by atomic mass is 16.6. The van der Waals surface area contributed by atoms with Gasteiger partial charge in [-0.15, -0.1) is 0 Å². The molecule has 0 spiro atoms. The molecule has 1 aromatic rings. The molecular formula is C16H23NO4. The number of rotatable bonds is 5. The second kappa shape index (κ2) is 7.11. The van der Waals surface area contributed by atoms with Gasteiger partial charge in [0.25, 0.3) is 0 Å². The molecule has 0 aliphatic carbocycles. The smallest absolute Gasteiger partial charge is 0.410 e.